The molecule has 11 heteroatoms. The van der Waals surface area contributed by atoms with Crippen LogP contribution >= 0.6 is 0 Å². The van der Waals surface area contributed by atoms with Gasteiger partial charge in [-0.25, -0.2) is 0 Å². The fraction of sp³-hybridized carbons (Fsp3) is 0.200. The van der Waals surface area contributed by atoms with Crippen molar-refractivity contribution in [1.29, 1.82) is 0 Å². The number of aryl methyl sites for hydroxylation is 2. The molecule has 3 rings (SSSR count). The Morgan fingerprint density at radius 3 is 2.45 bits per heavy atom. The van der Waals surface area contributed by atoms with Crippen LogP contribution in [0.2, 0.25) is 0 Å². The number of benzene rings is 2. The number of amides is 1. The first-order valence-electron chi connectivity index (χ1n) is 8.92. The van der Waals surface area contributed by atoms with E-state index in [1.807, 2.05) is 0 Å². The van der Waals surface area contributed by atoms with E-state index in [9.17, 15) is 28.1 Å². The normalized spacial score (nSPS) is 11.3. The lowest BCUT2D eigenvalue weighted by molar-refractivity contribution is -0.384. The van der Waals surface area contributed by atoms with Crippen LogP contribution in [0.3, 0.4) is 0 Å². The lowest BCUT2D eigenvalue weighted by Gasteiger charge is -2.12. The third-order valence-electron chi connectivity index (χ3n) is 4.49. The second-order valence-electron chi connectivity index (χ2n) is 6.72. The second-order valence-corrected chi connectivity index (χ2v) is 6.72. The Morgan fingerprint density at radius 2 is 1.87 bits per heavy atom. The van der Waals surface area contributed by atoms with Crippen LogP contribution in [-0.2, 0) is 13.2 Å². The number of hydrogen-bond acceptors (Lipinski definition) is 5. The van der Waals surface area contributed by atoms with E-state index in [0.29, 0.717) is 17.0 Å². The fourth-order valence-electron chi connectivity index (χ4n) is 2.99. The molecule has 0 saturated carbocycles. The summed E-state index contributed by atoms with van der Waals surface area (Å²) < 4.78 is 45.7. The van der Waals surface area contributed by atoms with E-state index in [1.165, 1.54) is 16.8 Å². The van der Waals surface area contributed by atoms with E-state index in [1.54, 1.807) is 20.9 Å². The van der Waals surface area contributed by atoms with Crippen molar-refractivity contribution in [2.24, 2.45) is 7.05 Å². The van der Waals surface area contributed by atoms with Crippen LogP contribution in [0.1, 0.15) is 27.3 Å². The Bertz CT molecular complexity index is 1170. The van der Waals surface area contributed by atoms with Crippen LogP contribution in [0.15, 0.2) is 42.5 Å². The highest BCUT2D eigenvalue weighted by atomic mass is 19.4. The largest absolute Gasteiger partial charge is 0.457 e. The zero-order valence-corrected chi connectivity index (χ0v) is 16.6. The van der Waals surface area contributed by atoms with Crippen molar-refractivity contribution in [2.75, 3.05) is 5.32 Å². The van der Waals surface area contributed by atoms with Crippen molar-refractivity contribution in [3.8, 4) is 11.5 Å². The summed E-state index contributed by atoms with van der Waals surface area (Å²) >= 11 is 0. The predicted octanol–water partition coefficient (Wildman–Crippen LogP) is 5.01. The van der Waals surface area contributed by atoms with Crippen LogP contribution in [0.5, 0.6) is 11.5 Å². The van der Waals surface area contributed by atoms with E-state index in [4.69, 9.17) is 4.74 Å². The molecule has 8 nitrogen and oxygen atoms in total. The molecule has 0 bridgehead atoms. The van der Waals surface area contributed by atoms with E-state index in [-0.39, 0.29) is 17.2 Å². The molecular formula is C20H17F3N4O4. The first-order valence-corrected chi connectivity index (χ1v) is 8.92. The number of alkyl halides is 3. The molecule has 0 aliphatic heterocycles. The van der Waals surface area contributed by atoms with Gasteiger partial charge in [-0.15, -0.1) is 0 Å². The second kappa shape index (κ2) is 8.09. The van der Waals surface area contributed by atoms with Gasteiger partial charge in [0.1, 0.15) is 11.5 Å². The number of nitrogens with one attached hydrogen (secondary N) is 1. The van der Waals surface area contributed by atoms with Crippen LogP contribution in [0, 0.1) is 24.0 Å². The molecule has 0 saturated heterocycles. The molecule has 1 heterocycles. The smallest absolute Gasteiger partial charge is 0.416 e. The minimum atomic E-state index is -4.57. The Labute approximate surface area is 174 Å². The van der Waals surface area contributed by atoms with Gasteiger partial charge in [-0.05, 0) is 32.0 Å². The number of nitrogens with zero attached hydrogens (tertiary/aromatic N) is 3. The number of hydrogen-bond donors (Lipinski definition) is 1. The summed E-state index contributed by atoms with van der Waals surface area (Å²) in [5.74, 6) is -0.802. The number of non-ortho nitro benzene ring substituents is 1. The Balaban J connectivity index is 1.93. The summed E-state index contributed by atoms with van der Waals surface area (Å²) in [5.41, 5.74) is 0.105. The maximum atomic E-state index is 12.9. The highest BCUT2D eigenvalue weighted by Gasteiger charge is 2.30. The minimum Gasteiger partial charge on any atom is -0.457 e. The number of nitro groups is 1. The molecule has 3 aromatic rings. The number of halogens is 3. The molecule has 0 aliphatic rings. The van der Waals surface area contributed by atoms with Gasteiger partial charge in [0, 0.05) is 24.9 Å². The van der Waals surface area contributed by atoms with E-state index in [2.05, 4.69) is 10.4 Å². The van der Waals surface area contributed by atoms with E-state index < -0.39 is 28.3 Å². The van der Waals surface area contributed by atoms with Crippen LogP contribution < -0.4 is 10.1 Å². The molecule has 1 amide bonds. The predicted molar refractivity (Wildman–Crippen MR) is 105 cm³/mol. The van der Waals surface area contributed by atoms with Crippen molar-refractivity contribution in [3.63, 3.8) is 0 Å². The molecular weight excluding hydrogens is 417 g/mol. The molecule has 1 aromatic heterocycles. The van der Waals surface area contributed by atoms with Gasteiger partial charge < -0.3 is 10.1 Å². The number of carbonyl (C=O) groups is 1. The van der Waals surface area contributed by atoms with Gasteiger partial charge in [-0.3, -0.25) is 19.6 Å². The average molecular weight is 434 g/mol. The quantitative estimate of drug-likeness (QED) is 0.450. The van der Waals surface area contributed by atoms with E-state index in [0.717, 1.165) is 30.3 Å². The van der Waals surface area contributed by atoms with E-state index >= 15 is 0 Å². The molecule has 0 spiro atoms. The van der Waals surface area contributed by atoms with Crippen molar-refractivity contribution in [1.82, 2.24) is 9.78 Å². The SMILES string of the molecule is Cc1nn(C)c(C)c1C(=O)Nc1cc(Oc2cccc(C(F)(F)F)c2)cc([N+](=O)[O-])c1. The molecule has 1 N–H and O–H groups in total. The summed E-state index contributed by atoms with van der Waals surface area (Å²) in [6, 6.07) is 7.56. The summed E-state index contributed by atoms with van der Waals surface area (Å²) in [6.07, 6.45) is -4.57. The first-order chi connectivity index (χ1) is 14.5. The number of nitro benzene ring substituents is 1. The van der Waals surface area contributed by atoms with Gasteiger partial charge in [-0.1, -0.05) is 6.07 Å². The minimum absolute atomic E-state index is 0.0452. The molecule has 0 atom stereocenters. The van der Waals surface area contributed by atoms with Crippen molar-refractivity contribution in [3.05, 3.63) is 75.1 Å². The van der Waals surface area contributed by atoms with Gasteiger partial charge in [-0.2, -0.15) is 18.3 Å². The molecule has 31 heavy (non-hydrogen) atoms. The van der Waals surface area contributed by atoms with Gasteiger partial charge in [0.2, 0.25) is 0 Å². The average Bonchev–Trinajstić information content (AvgIpc) is 2.92. The number of ether oxygens (including phenoxy) is 1. The summed E-state index contributed by atoms with van der Waals surface area (Å²) in [4.78, 5) is 23.3. The first kappa shape index (κ1) is 21.8. The zero-order chi connectivity index (χ0) is 22.9. The van der Waals surface area contributed by atoms with Gasteiger partial charge in [0.05, 0.1) is 33.5 Å². The highest BCUT2D eigenvalue weighted by molar-refractivity contribution is 6.06. The van der Waals surface area contributed by atoms with Gasteiger partial charge >= 0.3 is 6.18 Å². The zero-order valence-electron chi connectivity index (χ0n) is 16.6. The fourth-order valence-corrected chi connectivity index (χ4v) is 2.99. The summed E-state index contributed by atoms with van der Waals surface area (Å²) in [7, 11) is 1.67. The molecule has 0 unspecified atom stereocenters. The maximum Gasteiger partial charge on any atom is 0.416 e. The molecule has 0 radical (unpaired) electrons. The highest BCUT2D eigenvalue weighted by Crippen LogP contribution is 2.34. The standard InChI is InChI=1S/C20H17F3N4O4/c1-11-18(12(2)26(3)25-11)19(28)24-14-8-15(27(29)30)10-17(9-14)31-16-6-4-5-13(7-16)20(21,22)23/h4-10H,1-3H3,(H,24,28). The summed E-state index contributed by atoms with van der Waals surface area (Å²) in [6.45, 7) is 3.35. The maximum absolute atomic E-state index is 12.9. The molecule has 2 aromatic carbocycles. The molecule has 0 fully saturated rings. The van der Waals surface area contributed by atoms with Crippen LogP contribution in [-0.4, -0.2) is 20.6 Å². The van der Waals surface area contributed by atoms with Crippen molar-refractivity contribution >= 4 is 17.3 Å². The lowest BCUT2D eigenvalue weighted by Crippen LogP contribution is -2.14. The number of anilines is 1. The monoisotopic (exact) mass is 434 g/mol. The molecule has 162 valence electrons. The number of aromatic nitrogens is 2. The van der Waals surface area contributed by atoms with Crippen LogP contribution in [0.25, 0.3) is 0 Å². The van der Waals surface area contributed by atoms with Gasteiger partial charge in [0.15, 0.2) is 0 Å². The van der Waals surface area contributed by atoms with Crippen molar-refractivity contribution < 1.29 is 27.6 Å². The molecule has 0 aliphatic carbocycles. The topological polar surface area (TPSA) is 99.3 Å². The van der Waals surface area contributed by atoms with Crippen LogP contribution in [0.4, 0.5) is 24.5 Å². The lowest BCUT2D eigenvalue weighted by atomic mass is 10.1. The number of rotatable bonds is 5. The third-order valence-corrected chi connectivity index (χ3v) is 4.49. The summed E-state index contributed by atoms with van der Waals surface area (Å²) in [5, 5.41) is 18.0. The van der Waals surface area contributed by atoms with Crippen molar-refractivity contribution in [2.45, 2.75) is 20.0 Å². The number of carbonyl (C=O) groups excluding carboxylic acids is 1. The Hall–Kier alpha value is -3.89. The Morgan fingerprint density at radius 1 is 1.16 bits per heavy atom. The third kappa shape index (κ3) is 4.82. The Kier molecular flexibility index (Phi) is 5.69. The van der Waals surface area contributed by atoms with Gasteiger partial charge in [0.25, 0.3) is 11.6 Å².